The first-order chi connectivity index (χ1) is 6.84. The number of ether oxygens (including phenoxy) is 1. The molecular formula is C11H16N2O. The third kappa shape index (κ3) is 2.53. The Hall–Kier alpha value is -0.930. The summed E-state index contributed by atoms with van der Waals surface area (Å²) in [5, 5.41) is 0. The van der Waals surface area contributed by atoms with Gasteiger partial charge in [0, 0.05) is 31.5 Å². The number of pyridine rings is 1. The fourth-order valence-electron chi connectivity index (χ4n) is 1.72. The molecule has 0 atom stereocenters. The topological polar surface area (TPSA) is 25.4 Å². The molecule has 1 aliphatic rings. The van der Waals surface area contributed by atoms with Crippen LogP contribution in [0.4, 0.5) is 0 Å². The molecule has 1 aliphatic heterocycles. The SMILES string of the molecule is Cc1cc(CN2CCOCC2)ccn1. The molecule has 2 rings (SSSR count). The molecule has 1 aromatic rings. The highest BCUT2D eigenvalue weighted by Gasteiger charge is 2.10. The molecule has 1 saturated heterocycles. The van der Waals surface area contributed by atoms with Gasteiger partial charge < -0.3 is 4.74 Å². The van der Waals surface area contributed by atoms with Gasteiger partial charge in [-0.15, -0.1) is 0 Å². The molecule has 0 bridgehead atoms. The summed E-state index contributed by atoms with van der Waals surface area (Å²) in [6.45, 7) is 6.87. The molecule has 0 unspecified atom stereocenters. The highest BCUT2D eigenvalue weighted by atomic mass is 16.5. The lowest BCUT2D eigenvalue weighted by Gasteiger charge is -2.26. The van der Waals surface area contributed by atoms with Gasteiger partial charge in [0.05, 0.1) is 13.2 Å². The van der Waals surface area contributed by atoms with Crippen molar-refractivity contribution in [1.29, 1.82) is 0 Å². The zero-order chi connectivity index (χ0) is 9.80. The van der Waals surface area contributed by atoms with Crippen LogP contribution in [0.5, 0.6) is 0 Å². The van der Waals surface area contributed by atoms with E-state index in [-0.39, 0.29) is 0 Å². The first-order valence-electron chi connectivity index (χ1n) is 5.06. The predicted octanol–water partition coefficient (Wildman–Crippen LogP) is 1.22. The molecule has 1 aromatic heterocycles. The van der Waals surface area contributed by atoms with Gasteiger partial charge in [-0.05, 0) is 24.6 Å². The number of aromatic nitrogens is 1. The minimum Gasteiger partial charge on any atom is -0.379 e. The Labute approximate surface area is 84.7 Å². The van der Waals surface area contributed by atoms with Crippen LogP contribution in [0, 0.1) is 6.92 Å². The highest BCUT2D eigenvalue weighted by molar-refractivity contribution is 5.15. The van der Waals surface area contributed by atoms with Gasteiger partial charge >= 0.3 is 0 Å². The zero-order valence-corrected chi connectivity index (χ0v) is 8.57. The summed E-state index contributed by atoms with van der Waals surface area (Å²) in [7, 11) is 0. The smallest absolute Gasteiger partial charge is 0.0594 e. The summed E-state index contributed by atoms with van der Waals surface area (Å²) in [6.07, 6.45) is 1.88. The highest BCUT2D eigenvalue weighted by Crippen LogP contribution is 2.07. The molecule has 14 heavy (non-hydrogen) atoms. The second-order valence-electron chi connectivity index (χ2n) is 3.69. The Balaban J connectivity index is 1.95. The fraction of sp³-hybridized carbons (Fsp3) is 0.545. The van der Waals surface area contributed by atoms with Crippen LogP contribution < -0.4 is 0 Å². The lowest BCUT2D eigenvalue weighted by Crippen LogP contribution is -2.35. The summed E-state index contributed by atoms with van der Waals surface area (Å²) >= 11 is 0. The van der Waals surface area contributed by atoms with Gasteiger partial charge in [-0.3, -0.25) is 9.88 Å². The van der Waals surface area contributed by atoms with Gasteiger partial charge in [0.1, 0.15) is 0 Å². The molecule has 0 N–H and O–H groups in total. The number of rotatable bonds is 2. The van der Waals surface area contributed by atoms with E-state index in [1.165, 1.54) is 5.56 Å². The Bertz CT molecular complexity index is 295. The summed E-state index contributed by atoms with van der Waals surface area (Å²) in [6, 6.07) is 4.23. The van der Waals surface area contributed by atoms with Gasteiger partial charge in [0.15, 0.2) is 0 Å². The van der Waals surface area contributed by atoms with E-state index >= 15 is 0 Å². The number of aryl methyl sites for hydroxylation is 1. The van der Waals surface area contributed by atoms with E-state index in [0.717, 1.165) is 38.5 Å². The van der Waals surface area contributed by atoms with Crippen molar-refractivity contribution < 1.29 is 4.74 Å². The molecule has 3 heteroatoms. The van der Waals surface area contributed by atoms with Crippen LogP contribution in [0.15, 0.2) is 18.3 Å². The Morgan fingerprint density at radius 2 is 2.21 bits per heavy atom. The minimum atomic E-state index is 0.865. The molecular weight excluding hydrogens is 176 g/mol. The van der Waals surface area contributed by atoms with Crippen LogP contribution in [0.1, 0.15) is 11.3 Å². The van der Waals surface area contributed by atoms with Gasteiger partial charge in [-0.1, -0.05) is 0 Å². The molecule has 76 valence electrons. The van der Waals surface area contributed by atoms with Crippen LogP contribution in [-0.2, 0) is 11.3 Å². The molecule has 0 spiro atoms. The normalized spacial score (nSPS) is 18.4. The maximum absolute atomic E-state index is 5.31. The molecule has 2 heterocycles. The van der Waals surface area contributed by atoms with Crippen molar-refractivity contribution in [3.8, 4) is 0 Å². The quantitative estimate of drug-likeness (QED) is 0.704. The Morgan fingerprint density at radius 3 is 2.93 bits per heavy atom. The van der Waals surface area contributed by atoms with Gasteiger partial charge in [-0.2, -0.15) is 0 Å². The number of hydrogen-bond donors (Lipinski definition) is 0. The molecule has 0 aliphatic carbocycles. The second-order valence-corrected chi connectivity index (χ2v) is 3.69. The van der Waals surface area contributed by atoms with E-state index in [4.69, 9.17) is 4.74 Å². The van der Waals surface area contributed by atoms with Crippen molar-refractivity contribution in [2.24, 2.45) is 0 Å². The first kappa shape index (κ1) is 9.62. The van der Waals surface area contributed by atoms with Gasteiger partial charge in [0.2, 0.25) is 0 Å². The van der Waals surface area contributed by atoms with Crippen LogP contribution >= 0.6 is 0 Å². The molecule has 3 nitrogen and oxygen atoms in total. The number of nitrogens with zero attached hydrogens (tertiary/aromatic N) is 2. The van der Waals surface area contributed by atoms with Gasteiger partial charge in [-0.25, -0.2) is 0 Å². The van der Waals surface area contributed by atoms with Crippen LogP contribution in [-0.4, -0.2) is 36.2 Å². The third-order valence-corrected chi connectivity index (χ3v) is 2.47. The Morgan fingerprint density at radius 1 is 1.43 bits per heavy atom. The lowest BCUT2D eigenvalue weighted by molar-refractivity contribution is 0.0342. The monoisotopic (exact) mass is 192 g/mol. The zero-order valence-electron chi connectivity index (χ0n) is 8.57. The summed E-state index contributed by atoms with van der Waals surface area (Å²) in [4.78, 5) is 6.60. The number of morpholine rings is 1. The van der Waals surface area contributed by atoms with Crippen molar-refractivity contribution >= 4 is 0 Å². The van der Waals surface area contributed by atoms with E-state index < -0.39 is 0 Å². The minimum absolute atomic E-state index is 0.865. The molecule has 0 amide bonds. The maximum atomic E-state index is 5.31. The molecule has 0 aromatic carbocycles. The van der Waals surface area contributed by atoms with E-state index in [1.54, 1.807) is 0 Å². The summed E-state index contributed by atoms with van der Waals surface area (Å²) in [5.74, 6) is 0. The van der Waals surface area contributed by atoms with E-state index in [0.29, 0.717) is 0 Å². The van der Waals surface area contributed by atoms with E-state index in [9.17, 15) is 0 Å². The second kappa shape index (κ2) is 4.53. The van der Waals surface area contributed by atoms with Crippen molar-refractivity contribution in [2.45, 2.75) is 13.5 Å². The van der Waals surface area contributed by atoms with Crippen molar-refractivity contribution in [3.63, 3.8) is 0 Å². The number of hydrogen-bond acceptors (Lipinski definition) is 3. The lowest BCUT2D eigenvalue weighted by atomic mass is 10.2. The molecule has 0 radical (unpaired) electrons. The Kier molecular flexibility index (Phi) is 3.11. The van der Waals surface area contributed by atoms with Crippen LogP contribution in [0.25, 0.3) is 0 Å². The predicted molar refractivity (Wildman–Crippen MR) is 55.1 cm³/mol. The van der Waals surface area contributed by atoms with E-state index in [2.05, 4.69) is 22.0 Å². The third-order valence-electron chi connectivity index (χ3n) is 2.47. The van der Waals surface area contributed by atoms with Crippen LogP contribution in [0.2, 0.25) is 0 Å². The first-order valence-corrected chi connectivity index (χ1v) is 5.06. The van der Waals surface area contributed by atoms with Crippen molar-refractivity contribution in [3.05, 3.63) is 29.6 Å². The van der Waals surface area contributed by atoms with Gasteiger partial charge in [0.25, 0.3) is 0 Å². The fourth-order valence-corrected chi connectivity index (χ4v) is 1.72. The standard InChI is InChI=1S/C11H16N2O/c1-10-8-11(2-3-12-10)9-13-4-6-14-7-5-13/h2-3,8H,4-7,9H2,1H3. The maximum Gasteiger partial charge on any atom is 0.0594 e. The van der Waals surface area contributed by atoms with E-state index in [1.807, 2.05) is 13.1 Å². The van der Waals surface area contributed by atoms with Crippen LogP contribution in [0.3, 0.4) is 0 Å². The largest absolute Gasteiger partial charge is 0.379 e. The average Bonchev–Trinajstić information content (AvgIpc) is 2.19. The molecule has 0 saturated carbocycles. The average molecular weight is 192 g/mol. The van der Waals surface area contributed by atoms with Crippen molar-refractivity contribution in [1.82, 2.24) is 9.88 Å². The molecule has 1 fully saturated rings. The van der Waals surface area contributed by atoms with Crippen molar-refractivity contribution in [2.75, 3.05) is 26.3 Å². The summed E-state index contributed by atoms with van der Waals surface area (Å²) < 4.78 is 5.31. The summed E-state index contributed by atoms with van der Waals surface area (Å²) in [5.41, 5.74) is 2.44.